The van der Waals surface area contributed by atoms with Crippen LogP contribution in [0.5, 0.6) is 0 Å². The topological polar surface area (TPSA) is 65.7 Å². The second kappa shape index (κ2) is 18.9. The Hall–Kier alpha value is -1.78. The van der Waals surface area contributed by atoms with E-state index in [9.17, 15) is 9.59 Å². The molecule has 0 N–H and O–H groups in total. The van der Waals surface area contributed by atoms with Crippen molar-refractivity contribution in [2.45, 2.75) is 117 Å². The lowest BCUT2D eigenvalue weighted by molar-refractivity contribution is 0.0423. The Morgan fingerprint density at radius 1 is 0.645 bits per heavy atom. The summed E-state index contributed by atoms with van der Waals surface area (Å²) in [6.45, 7) is 5.15. The zero-order chi connectivity index (χ0) is 22.6. The van der Waals surface area contributed by atoms with Crippen molar-refractivity contribution in [1.29, 1.82) is 0 Å². The molecule has 0 atom stereocenters. The average Bonchev–Trinajstić information content (AvgIpc) is 3.27. The van der Waals surface area contributed by atoms with E-state index < -0.39 is 11.9 Å². The van der Waals surface area contributed by atoms with Gasteiger partial charge in [-0.1, -0.05) is 104 Å². The molecule has 0 aliphatic heterocycles. The van der Waals surface area contributed by atoms with Crippen molar-refractivity contribution in [1.82, 2.24) is 0 Å². The van der Waals surface area contributed by atoms with Crippen molar-refractivity contribution < 1.29 is 23.5 Å². The number of hydrogen-bond acceptors (Lipinski definition) is 5. The Labute approximate surface area is 189 Å². The average molecular weight is 437 g/mol. The predicted octanol–water partition coefficient (Wildman–Crippen LogP) is 7.87. The maximum Gasteiger partial charge on any atom is 0.375 e. The number of esters is 2. The fourth-order valence-corrected chi connectivity index (χ4v) is 3.57. The summed E-state index contributed by atoms with van der Waals surface area (Å²) in [4.78, 5) is 24.5. The van der Waals surface area contributed by atoms with Gasteiger partial charge in [0.25, 0.3) is 0 Å². The molecule has 0 fully saturated rings. The first kappa shape index (κ1) is 27.3. The molecule has 1 aromatic heterocycles. The van der Waals surface area contributed by atoms with E-state index in [2.05, 4.69) is 13.8 Å². The van der Waals surface area contributed by atoms with Crippen LogP contribution in [-0.2, 0) is 9.47 Å². The van der Waals surface area contributed by atoms with Crippen molar-refractivity contribution in [2.24, 2.45) is 0 Å². The van der Waals surface area contributed by atoms with E-state index in [1.165, 1.54) is 89.4 Å². The summed E-state index contributed by atoms with van der Waals surface area (Å²) in [5.74, 6) is -1.16. The monoisotopic (exact) mass is 436 g/mol. The van der Waals surface area contributed by atoms with E-state index in [0.717, 1.165) is 25.7 Å². The predicted molar refractivity (Wildman–Crippen MR) is 124 cm³/mol. The molecule has 31 heavy (non-hydrogen) atoms. The largest absolute Gasteiger partial charge is 0.462 e. The molecule has 5 heteroatoms. The first-order valence-corrected chi connectivity index (χ1v) is 12.6. The van der Waals surface area contributed by atoms with Crippen LogP contribution in [0.4, 0.5) is 0 Å². The number of carbonyl (C=O) groups excluding carboxylic acids is 2. The fourth-order valence-electron chi connectivity index (χ4n) is 3.57. The van der Waals surface area contributed by atoms with Gasteiger partial charge in [0.15, 0.2) is 0 Å². The number of unbranched alkanes of at least 4 members (excludes halogenated alkanes) is 14. The molecule has 178 valence electrons. The highest BCUT2D eigenvalue weighted by Crippen LogP contribution is 2.15. The standard InChI is InChI=1S/C26H44O5/c1-3-5-7-9-11-13-15-17-20-30-25(27)23-19-22-29-24(23)26(28)31-21-18-16-14-12-10-8-6-4-2/h19,22H,3-18,20-21H2,1-2H3. The van der Waals surface area contributed by atoms with Gasteiger partial charge in [-0.3, -0.25) is 0 Å². The molecule has 0 spiro atoms. The summed E-state index contributed by atoms with van der Waals surface area (Å²) < 4.78 is 15.8. The molecule has 0 saturated heterocycles. The lowest BCUT2D eigenvalue weighted by Gasteiger charge is -2.06. The third-order valence-corrected chi connectivity index (χ3v) is 5.53. The summed E-state index contributed by atoms with van der Waals surface area (Å²) in [5, 5.41) is 0. The van der Waals surface area contributed by atoms with Gasteiger partial charge in [-0.05, 0) is 18.9 Å². The van der Waals surface area contributed by atoms with Gasteiger partial charge in [0.2, 0.25) is 5.76 Å². The summed E-state index contributed by atoms with van der Waals surface area (Å²) in [6, 6.07) is 1.48. The van der Waals surface area contributed by atoms with Crippen LogP contribution < -0.4 is 0 Å². The number of rotatable bonds is 20. The van der Waals surface area contributed by atoms with Crippen LogP contribution in [0.2, 0.25) is 0 Å². The Morgan fingerprint density at radius 3 is 1.55 bits per heavy atom. The van der Waals surface area contributed by atoms with Gasteiger partial charge in [0, 0.05) is 0 Å². The van der Waals surface area contributed by atoms with E-state index in [1.807, 2.05) is 0 Å². The van der Waals surface area contributed by atoms with Gasteiger partial charge in [-0.2, -0.15) is 0 Å². The number of furan rings is 1. The van der Waals surface area contributed by atoms with E-state index in [0.29, 0.717) is 13.2 Å². The highest BCUT2D eigenvalue weighted by Gasteiger charge is 2.23. The van der Waals surface area contributed by atoms with Crippen LogP contribution in [0, 0.1) is 0 Å². The fraction of sp³-hybridized carbons (Fsp3) is 0.769. The molecular weight excluding hydrogens is 392 g/mol. The zero-order valence-electron chi connectivity index (χ0n) is 19.9. The second-order valence-electron chi connectivity index (χ2n) is 8.38. The van der Waals surface area contributed by atoms with E-state index in [1.54, 1.807) is 0 Å². The minimum absolute atomic E-state index is 0.0551. The Balaban J connectivity index is 2.15. The second-order valence-corrected chi connectivity index (χ2v) is 8.38. The third kappa shape index (κ3) is 13.3. The van der Waals surface area contributed by atoms with Crippen molar-refractivity contribution in [3.8, 4) is 0 Å². The molecule has 0 unspecified atom stereocenters. The van der Waals surface area contributed by atoms with Crippen LogP contribution in [0.15, 0.2) is 16.7 Å². The van der Waals surface area contributed by atoms with Gasteiger partial charge in [-0.25, -0.2) is 9.59 Å². The summed E-state index contributed by atoms with van der Waals surface area (Å²) in [6.07, 6.45) is 20.3. The van der Waals surface area contributed by atoms with Crippen molar-refractivity contribution in [3.63, 3.8) is 0 Å². The molecule has 0 aliphatic carbocycles. The van der Waals surface area contributed by atoms with Crippen molar-refractivity contribution in [3.05, 3.63) is 23.7 Å². The normalized spacial score (nSPS) is 10.9. The molecule has 5 nitrogen and oxygen atoms in total. The summed E-state index contributed by atoms with van der Waals surface area (Å²) in [7, 11) is 0. The first-order valence-electron chi connectivity index (χ1n) is 12.6. The van der Waals surface area contributed by atoms with Crippen molar-refractivity contribution in [2.75, 3.05) is 13.2 Å². The number of carbonyl (C=O) groups is 2. The van der Waals surface area contributed by atoms with Crippen LogP contribution in [-0.4, -0.2) is 25.2 Å². The van der Waals surface area contributed by atoms with Gasteiger partial charge in [-0.15, -0.1) is 0 Å². The smallest absolute Gasteiger partial charge is 0.375 e. The molecule has 0 bridgehead atoms. The van der Waals surface area contributed by atoms with Gasteiger partial charge in [0.1, 0.15) is 5.56 Å². The molecule has 0 radical (unpaired) electrons. The maximum atomic E-state index is 12.3. The van der Waals surface area contributed by atoms with Gasteiger partial charge in [0.05, 0.1) is 19.5 Å². The van der Waals surface area contributed by atoms with Gasteiger partial charge < -0.3 is 13.9 Å². The van der Waals surface area contributed by atoms with Crippen LogP contribution in [0.1, 0.15) is 137 Å². The molecule has 1 aromatic rings. The highest BCUT2D eigenvalue weighted by molar-refractivity contribution is 6.01. The van der Waals surface area contributed by atoms with Crippen molar-refractivity contribution >= 4 is 11.9 Å². The SMILES string of the molecule is CCCCCCCCCCOC(=O)c1ccoc1C(=O)OCCCCCCCCCC. The Bertz CT molecular complexity index is 530. The van der Waals surface area contributed by atoms with Crippen LogP contribution in [0.3, 0.4) is 0 Å². The van der Waals surface area contributed by atoms with Gasteiger partial charge >= 0.3 is 11.9 Å². The molecule has 0 aromatic carbocycles. The van der Waals surface area contributed by atoms with E-state index in [-0.39, 0.29) is 11.3 Å². The quantitative estimate of drug-likeness (QED) is 0.154. The van der Waals surface area contributed by atoms with Crippen LogP contribution in [0.25, 0.3) is 0 Å². The number of ether oxygens (including phenoxy) is 2. The summed E-state index contributed by atoms with van der Waals surface area (Å²) >= 11 is 0. The highest BCUT2D eigenvalue weighted by atomic mass is 16.5. The Morgan fingerprint density at radius 2 is 1.06 bits per heavy atom. The molecule has 0 amide bonds. The van der Waals surface area contributed by atoms with E-state index >= 15 is 0 Å². The summed E-state index contributed by atoms with van der Waals surface area (Å²) in [5.41, 5.74) is 0.153. The van der Waals surface area contributed by atoms with E-state index in [4.69, 9.17) is 13.9 Å². The third-order valence-electron chi connectivity index (χ3n) is 5.53. The van der Waals surface area contributed by atoms with Crippen LogP contribution >= 0.6 is 0 Å². The minimum Gasteiger partial charge on any atom is -0.462 e. The molecule has 1 rings (SSSR count). The molecule has 1 heterocycles. The first-order chi connectivity index (χ1) is 15.2. The molecule has 0 saturated carbocycles. The maximum absolute atomic E-state index is 12.3. The minimum atomic E-state index is -0.591. The Kier molecular flexibility index (Phi) is 16.7. The lowest BCUT2D eigenvalue weighted by Crippen LogP contribution is -2.13. The molecule has 0 aliphatic rings. The number of hydrogen-bond donors (Lipinski definition) is 0. The molecular formula is C26H44O5. The zero-order valence-corrected chi connectivity index (χ0v) is 19.9. The lowest BCUT2D eigenvalue weighted by atomic mass is 10.1.